The maximum atomic E-state index is 13.0. The van der Waals surface area contributed by atoms with Crippen LogP contribution in [0.15, 0.2) is 57.4 Å². The number of tetrazole rings is 1. The van der Waals surface area contributed by atoms with Gasteiger partial charge in [-0.2, -0.15) is 8.99 Å². The SMILES string of the molecule is Cc1ccc(-n2nnnc2Sc2ccc(S(=O)(=O)N3CCN(C)CC3)cc2[N+](=O)[O-])cc1. The monoisotopic (exact) mass is 475 g/mol. The van der Waals surface area contributed by atoms with Crippen molar-refractivity contribution < 1.29 is 13.3 Å². The summed E-state index contributed by atoms with van der Waals surface area (Å²) in [6, 6.07) is 11.4. The highest BCUT2D eigenvalue weighted by Crippen LogP contribution is 2.36. The Balaban J connectivity index is 1.65. The number of sulfonamides is 1. The highest BCUT2D eigenvalue weighted by atomic mass is 32.2. The molecule has 0 aliphatic carbocycles. The summed E-state index contributed by atoms with van der Waals surface area (Å²) < 4.78 is 28.8. The van der Waals surface area contributed by atoms with Crippen molar-refractivity contribution in [3.63, 3.8) is 0 Å². The van der Waals surface area contributed by atoms with E-state index in [9.17, 15) is 18.5 Å². The zero-order valence-corrected chi connectivity index (χ0v) is 19.1. The molecule has 1 aromatic heterocycles. The minimum absolute atomic E-state index is 0.101. The number of nitro benzene ring substituents is 1. The molecule has 0 spiro atoms. The number of hydrogen-bond acceptors (Lipinski definition) is 9. The predicted octanol–water partition coefficient (Wildman–Crippen LogP) is 1.97. The highest BCUT2D eigenvalue weighted by molar-refractivity contribution is 7.99. The summed E-state index contributed by atoms with van der Waals surface area (Å²) in [5.74, 6) is 0. The first-order chi connectivity index (χ1) is 15.3. The van der Waals surface area contributed by atoms with E-state index >= 15 is 0 Å². The molecule has 0 amide bonds. The van der Waals surface area contributed by atoms with Crippen molar-refractivity contribution >= 4 is 27.5 Å². The fraction of sp³-hybridized carbons (Fsp3) is 0.316. The number of aryl methyl sites for hydroxylation is 1. The summed E-state index contributed by atoms with van der Waals surface area (Å²) >= 11 is 1.00. The van der Waals surface area contributed by atoms with E-state index in [-0.39, 0.29) is 15.5 Å². The van der Waals surface area contributed by atoms with E-state index in [1.54, 1.807) is 0 Å². The molecule has 0 saturated carbocycles. The Labute approximate surface area is 189 Å². The number of nitrogens with zero attached hydrogens (tertiary/aromatic N) is 7. The molecule has 1 aliphatic rings. The largest absolute Gasteiger partial charge is 0.304 e. The Morgan fingerprint density at radius 3 is 2.41 bits per heavy atom. The highest BCUT2D eigenvalue weighted by Gasteiger charge is 2.30. The number of rotatable bonds is 6. The average molecular weight is 476 g/mol. The Kier molecular flexibility index (Phi) is 6.24. The summed E-state index contributed by atoms with van der Waals surface area (Å²) in [6.45, 7) is 3.86. The van der Waals surface area contributed by atoms with Gasteiger partial charge in [0.15, 0.2) is 0 Å². The van der Waals surface area contributed by atoms with Crippen molar-refractivity contribution in [1.82, 2.24) is 29.4 Å². The third kappa shape index (κ3) is 4.50. The third-order valence-corrected chi connectivity index (χ3v) is 8.04. The molecular weight excluding hydrogens is 454 g/mol. The molecule has 1 fully saturated rings. The van der Waals surface area contributed by atoms with Gasteiger partial charge in [0.05, 0.1) is 20.4 Å². The summed E-state index contributed by atoms with van der Waals surface area (Å²) in [5.41, 5.74) is 1.47. The smallest absolute Gasteiger partial charge is 0.284 e. The lowest BCUT2D eigenvalue weighted by Gasteiger charge is -2.31. The first-order valence-electron chi connectivity index (χ1n) is 9.76. The Morgan fingerprint density at radius 1 is 1.06 bits per heavy atom. The molecule has 1 aliphatic heterocycles. The maximum Gasteiger partial charge on any atom is 0.284 e. The van der Waals surface area contributed by atoms with E-state index in [1.165, 1.54) is 21.1 Å². The topological polar surface area (TPSA) is 127 Å². The molecule has 2 aromatic carbocycles. The van der Waals surface area contributed by atoms with Gasteiger partial charge in [-0.3, -0.25) is 10.1 Å². The van der Waals surface area contributed by atoms with Crippen LogP contribution < -0.4 is 0 Å². The van der Waals surface area contributed by atoms with Gasteiger partial charge in [0, 0.05) is 32.2 Å². The lowest BCUT2D eigenvalue weighted by molar-refractivity contribution is -0.388. The lowest BCUT2D eigenvalue weighted by Crippen LogP contribution is -2.47. The normalized spacial score (nSPS) is 15.7. The molecule has 0 bridgehead atoms. The molecular formula is C19H21N7O4S2. The molecule has 4 rings (SSSR count). The van der Waals surface area contributed by atoms with Gasteiger partial charge in [0.2, 0.25) is 15.2 Å². The Hall–Kier alpha value is -2.87. The van der Waals surface area contributed by atoms with Gasteiger partial charge in [-0.25, -0.2) is 8.42 Å². The standard InChI is InChI=1S/C19H21N7O4S2/c1-14-3-5-15(6-4-14)25-19(20-21-22-25)31-18-8-7-16(13-17(18)26(27)28)32(29,30)24-11-9-23(2)10-12-24/h3-8,13H,9-12H2,1-2H3. The van der Waals surface area contributed by atoms with Crippen LogP contribution in [0.2, 0.25) is 0 Å². The molecule has 0 N–H and O–H groups in total. The number of piperazine rings is 1. The number of benzene rings is 2. The van der Waals surface area contributed by atoms with Gasteiger partial charge in [-0.05, 0) is 60.4 Å². The summed E-state index contributed by atoms with van der Waals surface area (Å²) in [6.07, 6.45) is 0. The van der Waals surface area contributed by atoms with Gasteiger partial charge in [0.1, 0.15) is 0 Å². The molecule has 13 heteroatoms. The van der Waals surface area contributed by atoms with Crippen LogP contribution in [0.5, 0.6) is 0 Å². The second-order valence-electron chi connectivity index (χ2n) is 7.40. The van der Waals surface area contributed by atoms with Crippen LogP contribution in [-0.4, -0.2) is 76.0 Å². The molecule has 32 heavy (non-hydrogen) atoms. The number of hydrogen-bond donors (Lipinski definition) is 0. The summed E-state index contributed by atoms with van der Waals surface area (Å²) in [7, 11) is -1.91. The van der Waals surface area contributed by atoms with Crippen LogP contribution >= 0.6 is 11.8 Å². The fourth-order valence-corrected chi connectivity index (χ4v) is 5.57. The van der Waals surface area contributed by atoms with E-state index in [4.69, 9.17) is 0 Å². The quantitative estimate of drug-likeness (QED) is 0.388. The predicted molar refractivity (Wildman–Crippen MR) is 117 cm³/mol. The van der Waals surface area contributed by atoms with Crippen molar-refractivity contribution in [1.29, 1.82) is 0 Å². The van der Waals surface area contributed by atoms with Crippen LogP contribution in [0.4, 0.5) is 5.69 Å². The van der Waals surface area contributed by atoms with Crippen LogP contribution in [0.25, 0.3) is 5.69 Å². The summed E-state index contributed by atoms with van der Waals surface area (Å²) in [5, 5.41) is 23.7. The minimum atomic E-state index is -3.83. The van der Waals surface area contributed by atoms with E-state index < -0.39 is 14.9 Å². The van der Waals surface area contributed by atoms with E-state index in [0.717, 1.165) is 23.4 Å². The van der Waals surface area contributed by atoms with Crippen LogP contribution in [-0.2, 0) is 10.0 Å². The van der Waals surface area contributed by atoms with E-state index in [2.05, 4.69) is 15.5 Å². The molecule has 1 saturated heterocycles. The lowest BCUT2D eigenvalue weighted by atomic mass is 10.2. The molecule has 3 aromatic rings. The van der Waals surface area contributed by atoms with Crippen LogP contribution in [0.1, 0.15) is 5.56 Å². The van der Waals surface area contributed by atoms with Crippen molar-refractivity contribution in [2.45, 2.75) is 21.9 Å². The Morgan fingerprint density at radius 2 is 1.75 bits per heavy atom. The van der Waals surface area contributed by atoms with Crippen molar-refractivity contribution in [3.05, 3.63) is 58.1 Å². The maximum absolute atomic E-state index is 13.0. The van der Waals surface area contributed by atoms with Crippen LogP contribution in [0, 0.1) is 17.0 Å². The molecule has 168 valence electrons. The van der Waals surface area contributed by atoms with Crippen molar-refractivity contribution in [3.8, 4) is 5.69 Å². The van der Waals surface area contributed by atoms with Gasteiger partial charge in [-0.1, -0.05) is 17.7 Å². The van der Waals surface area contributed by atoms with E-state index in [0.29, 0.717) is 37.0 Å². The molecule has 0 atom stereocenters. The van der Waals surface area contributed by atoms with E-state index in [1.807, 2.05) is 43.1 Å². The van der Waals surface area contributed by atoms with Gasteiger partial charge in [-0.15, -0.1) is 5.10 Å². The summed E-state index contributed by atoms with van der Waals surface area (Å²) in [4.78, 5) is 13.3. The van der Waals surface area contributed by atoms with Gasteiger partial charge < -0.3 is 4.90 Å². The zero-order valence-electron chi connectivity index (χ0n) is 17.4. The first-order valence-corrected chi connectivity index (χ1v) is 12.0. The van der Waals surface area contributed by atoms with Crippen molar-refractivity contribution in [2.75, 3.05) is 33.2 Å². The van der Waals surface area contributed by atoms with Gasteiger partial charge >= 0.3 is 0 Å². The van der Waals surface area contributed by atoms with Crippen LogP contribution in [0.3, 0.4) is 0 Å². The number of nitro groups is 1. The molecule has 0 radical (unpaired) electrons. The van der Waals surface area contributed by atoms with Gasteiger partial charge in [0.25, 0.3) is 5.69 Å². The second-order valence-corrected chi connectivity index (χ2v) is 10.4. The average Bonchev–Trinajstić information content (AvgIpc) is 3.22. The van der Waals surface area contributed by atoms with Crippen molar-refractivity contribution in [2.24, 2.45) is 0 Å². The second kappa shape index (κ2) is 8.94. The molecule has 2 heterocycles. The fourth-order valence-electron chi connectivity index (χ4n) is 3.25. The zero-order chi connectivity index (χ0) is 22.9. The molecule has 11 nitrogen and oxygen atoms in total. The number of likely N-dealkylation sites (N-methyl/N-ethyl adjacent to an activating group) is 1. The Bertz CT molecular complexity index is 1240. The first kappa shape index (κ1) is 22.3. The minimum Gasteiger partial charge on any atom is -0.304 e. The number of aromatic nitrogens is 4. The third-order valence-electron chi connectivity index (χ3n) is 5.15. The molecule has 0 unspecified atom stereocenters.